The summed E-state index contributed by atoms with van der Waals surface area (Å²) in [6.45, 7) is 1.20. The van der Waals surface area contributed by atoms with Crippen molar-refractivity contribution in [2.45, 2.75) is 6.42 Å². The predicted molar refractivity (Wildman–Crippen MR) is 85.3 cm³/mol. The molecular formula is C17H18N2O3. The number of anilines is 2. The number of nitrogen functional groups attached to an aromatic ring is 1. The van der Waals surface area contributed by atoms with Gasteiger partial charge in [0.2, 0.25) is 0 Å². The van der Waals surface area contributed by atoms with Crippen molar-refractivity contribution < 1.29 is 14.3 Å². The van der Waals surface area contributed by atoms with Crippen molar-refractivity contribution in [1.82, 2.24) is 0 Å². The van der Waals surface area contributed by atoms with Gasteiger partial charge in [-0.15, -0.1) is 0 Å². The summed E-state index contributed by atoms with van der Waals surface area (Å²) in [5.41, 5.74) is 7.14. The van der Waals surface area contributed by atoms with E-state index in [4.69, 9.17) is 15.2 Å². The Hall–Kier alpha value is -2.69. The van der Waals surface area contributed by atoms with Crippen LogP contribution < -0.4 is 20.1 Å². The van der Waals surface area contributed by atoms with Crippen LogP contribution in [0.1, 0.15) is 6.42 Å². The third kappa shape index (κ3) is 3.14. The van der Waals surface area contributed by atoms with Crippen LogP contribution in [0.4, 0.5) is 11.4 Å². The maximum absolute atomic E-state index is 12.0. The molecule has 1 heterocycles. The van der Waals surface area contributed by atoms with E-state index in [2.05, 4.69) is 0 Å². The number of carbonyl (C=O) groups excluding carboxylic acids is 1. The summed E-state index contributed by atoms with van der Waals surface area (Å²) in [7, 11) is 0. The molecule has 0 atom stereocenters. The number of carbonyl (C=O) groups is 1. The van der Waals surface area contributed by atoms with Gasteiger partial charge in [0.25, 0.3) is 5.91 Å². The Morgan fingerprint density at radius 3 is 2.82 bits per heavy atom. The number of fused-ring (bicyclic) bond motifs is 1. The summed E-state index contributed by atoms with van der Waals surface area (Å²) >= 11 is 0. The molecule has 0 aliphatic carbocycles. The van der Waals surface area contributed by atoms with E-state index in [-0.39, 0.29) is 12.5 Å². The largest absolute Gasteiger partial charge is 0.494 e. The first-order valence-corrected chi connectivity index (χ1v) is 7.24. The number of hydrogen-bond donors (Lipinski definition) is 1. The lowest BCUT2D eigenvalue weighted by Crippen LogP contribution is -2.39. The molecule has 114 valence electrons. The van der Waals surface area contributed by atoms with Gasteiger partial charge in [-0.25, -0.2) is 0 Å². The Balaban J connectivity index is 1.59. The molecule has 1 amide bonds. The van der Waals surface area contributed by atoms with Gasteiger partial charge in [-0.05, 0) is 30.7 Å². The fraction of sp³-hybridized carbons (Fsp3) is 0.235. The molecule has 2 N–H and O–H groups in total. The first-order valence-electron chi connectivity index (χ1n) is 7.24. The first kappa shape index (κ1) is 14.3. The molecule has 0 aromatic heterocycles. The van der Waals surface area contributed by atoms with Crippen molar-refractivity contribution in [3.05, 3.63) is 48.5 Å². The second kappa shape index (κ2) is 6.39. The average molecular weight is 298 g/mol. The van der Waals surface area contributed by atoms with Gasteiger partial charge in [0, 0.05) is 18.3 Å². The molecule has 0 unspecified atom stereocenters. The van der Waals surface area contributed by atoms with Crippen LogP contribution in [0.15, 0.2) is 48.5 Å². The summed E-state index contributed by atoms with van der Waals surface area (Å²) in [5, 5.41) is 0. The fourth-order valence-corrected chi connectivity index (χ4v) is 2.40. The zero-order valence-electron chi connectivity index (χ0n) is 12.2. The van der Waals surface area contributed by atoms with Crippen LogP contribution in [-0.4, -0.2) is 25.7 Å². The average Bonchev–Trinajstić information content (AvgIpc) is 2.54. The normalized spacial score (nSPS) is 13.5. The second-order valence-electron chi connectivity index (χ2n) is 5.08. The lowest BCUT2D eigenvalue weighted by molar-refractivity contribution is -0.121. The van der Waals surface area contributed by atoms with Crippen LogP contribution in [-0.2, 0) is 4.79 Å². The van der Waals surface area contributed by atoms with Gasteiger partial charge < -0.3 is 20.1 Å². The lowest BCUT2D eigenvalue weighted by Gasteiger charge is -2.29. The summed E-state index contributed by atoms with van der Waals surface area (Å²) in [6.07, 6.45) is 0.741. The number of amides is 1. The molecule has 22 heavy (non-hydrogen) atoms. The smallest absolute Gasteiger partial charge is 0.265 e. The second-order valence-corrected chi connectivity index (χ2v) is 5.08. The standard InChI is InChI=1S/C17H18N2O3/c18-13-7-8-15-16(11-13)22-12-17(20)19(15)9-4-10-21-14-5-2-1-3-6-14/h1-3,5-8,11H,4,9-10,12,18H2. The number of para-hydroxylation sites is 1. The van der Waals surface area contributed by atoms with Crippen LogP contribution in [0, 0.1) is 0 Å². The van der Waals surface area contributed by atoms with Crippen molar-refractivity contribution in [3.8, 4) is 11.5 Å². The Morgan fingerprint density at radius 1 is 1.18 bits per heavy atom. The van der Waals surface area contributed by atoms with E-state index in [0.717, 1.165) is 17.9 Å². The Labute approximate surface area is 129 Å². The Morgan fingerprint density at radius 2 is 2.00 bits per heavy atom. The minimum atomic E-state index is -0.0445. The van der Waals surface area contributed by atoms with Gasteiger partial charge in [-0.2, -0.15) is 0 Å². The molecule has 1 aliphatic heterocycles. The highest BCUT2D eigenvalue weighted by Gasteiger charge is 2.25. The van der Waals surface area contributed by atoms with Crippen LogP contribution in [0.5, 0.6) is 11.5 Å². The molecule has 0 radical (unpaired) electrons. The first-order chi connectivity index (χ1) is 10.7. The van der Waals surface area contributed by atoms with Gasteiger partial charge >= 0.3 is 0 Å². The number of nitrogens with two attached hydrogens (primary N) is 1. The maximum atomic E-state index is 12.0. The molecule has 2 aromatic carbocycles. The van der Waals surface area contributed by atoms with Crippen molar-refractivity contribution in [2.24, 2.45) is 0 Å². The minimum absolute atomic E-state index is 0.0445. The number of rotatable bonds is 5. The number of nitrogens with zero attached hydrogens (tertiary/aromatic N) is 1. The highest BCUT2D eigenvalue weighted by molar-refractivity contribution is 5.98. The number of ether oxygens (including phenoxy) is 2. The molecule has 0 saturated carbocycles. The van der Waals surface area contributed by atoms with Crippen LogP contribution >= 0.6 is 0 Å². The molecular weight excluding hydrogens is 280 g/mol. The molecule has 5 heteroatoms. The number of benzene rings is 2. The Bertz CT molecular complexity index is 658. The van der Waals surface area contributed by atoms with Gasteiger partial charge in [0.05, 0.1) is 12.3 Å². The monoisotopic (exact) mass is 298 g/mol. The summed E-state index contributed by atoms with van der Waals surface area (Å²) in [4.78, 5) is 13.8. The molecule has 3 rings (SSSR count). The van der Waals surface area contributed by atoms with Gasteiger partial charge in [0.15, 0.2) is 6.61 Å². The lowest BCUT2D eigenvalue weighted by atomic mass is 10.2. The highest BCUT2D eigenvalue weighted by atomic mass is 16.5. The molecule has 1 aliphatic rings. The van der Waals surface area contributed by atoms with E-state index >= 15 is 0 Å². The molecule has 2 aromatic rings. The van der Waals surface area contributed by atoms with E-state index in [1.807, 2.05) is 36.4 Å². The Kier molecular flexibility index (Phi) is 4.14. The SMILES string of the molecule is Nc1ccc2c(c1)OCC(=O)N2CCCOc1ccccc1. The van der Waals surface area contributed by atoms with E-state index in [9.17, 15) is 4.79 Å². The summed E-state index contributed by atoms with van der Waals surface area (Å²) in [6, 6.07) is 15.0. The summed E-state index contributed by atoms with van der Waals surface area (Å²) < 4.78 is 11.1. The van der Waals surface area contributed by atoms with Crippen molar-refractivity contribution in [3.63, 3.8) is 0 Å². The predicted octanol–water partition coefficient (Wildman–Crippen LogP) is 2.46. The van der Waals surface area contributed by atoms with Crippen LogP contribution in [0.3, 0.4) is 0 Å². The number of hydrogen-bond acceptors (Lipinski definition) is 4. The van der Waals surface area contributed by atoms with Crippen molar-refractivity contribution in [1.29, 1.82) is 0 Å². The third-order valence-electron chi connectivity index (χ3n) is 3.46. The van der Waals surface area contributed by atoms with Crippen LogP contribution in [0.2, 0.25) is 0 Å². The van der Waals surface area contributed by atoms with Crippen LogP contribution in [0.25, 0.3) is 0 Å². The van der Waals surface area contributed by atoms with Crippen molar-refractivity contribution >= 4 is 17.3 Å². The zero-order chi connectivity index (χ0) is 15.4. The zero-order valence-corrected chi connectivity index (χ0v) is 12.2. The topological polar surface area (TPSA) is 64.8 Å². The summed E-state index contributed by atoms with van der Waals surface area (Å²) in [5.74, 6) is 1.45. The van der Waals surface area contributed by atoms with Crippen molar-refractivity contribution in [2.75, 3.05) is 30.4 Å². The van der Waals surface area contributed by atoms with Gasteiger partial charge in [0.1, 0.15) is 11.5 Å². The van der Waals surface area contributed by atoms with E-state index in [0.29, 0.717) is 24.6 Å². The minimum Gasteiger partial charge on any atom is -0.494 e. The molecule has 0 bridgehead atoms. The van der Waals surface area contributed by atoms with Gasteiger partial charge in [-0.1, -0.05) is 18.2 Å². The molecule has 0 saturated heterocycles. The van der Waals surface area contributed by atoms with E-state index in [1.165, 1.54) is 0 Å². The molecule has 0 fully saturated rings. The fourth-order valence-electron chi connectivity index (χ4n) is 2.40. The molecule has 0 spiro atoms. The quantitative estimate of drug-likeness (QED) is 0.680. The maximum Gasteiger partial charge on any atom is 0.265 e. The van der Waals surface area contributed by atoms with Gasteiger partial charge in [-0.3, -0.25) is 4.79 Å². The molecule has 5 nitrogen and oxygen atoms in total. The van der Waals surface area contributed by atoms with E-state index in [1.54, 1.807) is 17.0 Å². The highest BCUT2D eigenvalue weighted by Crippen LogP contribution is 2.33. The van der Waals surface area contributed by atoms with E-state index < -0.39 is 0 Å². The third-order valence-corrected chi connectivity index (χ3v) is 3.46.